The second-order valence-electron chi connectivity index (χ2n) is 12.2. The number of anilines is 6. The Morgan fingerprint density at radius 3 is 1.40 bits per heavy atom. The van der Waals surface area contributed by atoms with Crippen molar-refractivity contribution in [2.45, 2.75) is 6.42 Å². The van der Waals surface area contributed by atoms with Gasteiger partial charge in [0.15, 0.2) is 0 Å². The maximum absolute atomic E-state index is 2.38. The van der Waals surface area contributed by atoms with Crippen LogP contribution in [0.4, 0.5) is 34.1 Å². The first-order valence-electron chi connectivity index (χ1n) is 16.2. The third-order valence-electron chi connectivity index (χ3n) is 9.35. The summed E-state index contributed by atoms with van der Waals surface area (Å²) in [6.45, 7) is 0. The first-order valence-corrected chi connectivity index (χ1v) is 16.2. The van der Waals surface area contributed by atoms with E-state index in [2.05, 4.69) is 192 Å². The molecule has 1 aliphatic rings. The third-order valence-corrected chi connectivity index (χ3v) is 9.35. The molecule has 0 aromatic heterocycles. The van der Waals surface area contributed by atoms with Crippen LogP contribution >= 0.6 is 0 Å². The van der Waals surface area contributed by atoms with Gasteiger partial charge >= 0.3 is 0 Å². The van der Waals surface area contributed by atoms with Crippen LogP contribution in [0, 0.1) is 0 Å². The molecule has 0 heterocycles. The van der Waals surface area contributed by atoms with Gasteiger partial charge in [-0.3, -0.25) is 0 Å². The monoisotopic (exact) mass is 600 g/mol. The molecule has 47 heavy (non-hydrogen) atoms. The summed E-state index contributed by atoms with van der Waals surface area (Å²) in [7, 11) is 0. The number of nitrogens with zero attached hydrogens (tertiary/aromatic N) is 2. The highest BCUT2D eigenvalue weighted by molar-refractivity contribution is 6.03. The van der Waals surface area contributed by atoms with E-state index >= 15 is 0 Å². The van der Waals surface area contributed by atoms with Crippen molar-refractivity contribution < 1.29 is 0 Å². The molecule has 0 spiro atoms. The number of hydrogen-bond donors (Lipinski definition) is 0. The zero-order valence-corrected chi connectivity index (χ0v) is 25.9. The van der Waals surface area contributed by atoms with Crippen LogP contribution in [0.2, 0.25) is 0 Å². The van der Waals surface area contributed by atoms with Crippen molar-refractivity contribution in [1.29, 1.82) is 0 Å². The summed E-state index contributed by atoms with van der Waals surface area (Å²) in [5, 5.41) is 5.12. The first-order chi connectivity index (χ1) is 23.3. The van der Waals surface area contributed by atoms with Crippen molar-refractivity contribution in [2.24, 2.45) is 0 Å². The molecule has 0 amide bonds. The molecule has 0 N–H and O–H groups in total. The van der Waals surface area contributed by atoms with E-state index in [1.54, 1.807) is 0 Å². The van der Waals surface area contributed by atoms with Crippen molar-refractivity contribution in [3.8, 4) is 11.1 Å². The normalized spacial score (nSPS) is 11.7. The highest BCUT2D eigenvalue weighted by Crippen LogP contribution is 2.44. The van der Waals surface area contributed by atoms with Crippen molar-refractivity contribution >= 4 is 55.7 Å². The summed E-state index contributed by atoms with van der Waals surface area (Å²) >= 11 is 0. The molecule has 2 nitrogen and oxygen atoms in total. The van der Waals surface area contributed by atoms with Crippen LogP contribution in [0.1, 0.15) is 11.1 Å². The molecule has 8 aromatic carbocycles. The number of para-hydroxylation sites is 2. The zero-order valence-electron chi connectivity index (χ0n) is 25.9. The number of benzene rings is 8. The Labute approximate surface area is 275 Å². The van der Waals surface area contributed by atoms with Crippen molar-refractivity contribution in [3.05, 3.63) is 193 Å². The summed E-state index contributed by atoms with van der Waals surface area (Å²) in [5.74, 6) is 0. The molecule has 1 aliphatic carbocycles. The summed E-state index contributed by atoms with van der Waals surface area (Å²) < 4.78 is 0. The number of rotatable bonds is 7. The van der Waals surface area contributed by atoms with Gasteiger partial charge in [-0.2, -0.15) is 0 Å². The van der Waals surface area contributed by atoms with Crippen molar-refractivity contribution in [3.63, 3.8) is 0 Å². The molecule has 0 saturated carbocycles. The van der Waals surface area contributed by atoms with Gasteiger partial charge in [-0.15, -0.1) is 0 Å². The Kier molecular flexibility index (Phi) is 6.57. The van der Waals surface area contributed by atoms with Gasteiger partial charge in [0.2, 0.25) is 0 Å². The van der Waals surface area contributed by atoms with Crippen LogP contribution in [0.3, 0.4) is 0 Å². The average molecular weight is 601 g/mol. The van der Waals surface area contributed by atoms with Gasteiger partial charge < -0.3 is 9.80 Å². The maximum Gasteiger partial charge on any atom is 0.0540 e. The van der Waals surface area contributed by atoms with Crippen molar-refractivity contribution in [1.82, 2.24) is 0 Å². The van der Waals surface area contributed by atoms with E-state index in [0.29, 0.717) is 0 Å². The highest BCUT2D eigenvalue weighted by Gasteiger charge is 2.23. The Bertz CT molecular complexity index is 2350. The summed E-state index contributed by atoms with van der Waals surface area (Å²) in [5.41, 5.74) is 12.3. The molecular weight excluding hydrogens is 569 g/mol. The van der Waals surface area contributed by atoms with Gasteiger partial charge in [-0.25, -0.2) is 0 Å². The van der Waals surface area contributed by atoms with E-state index in [9.17, 15) is 0 Å². The molecule has 222 valence electrons. The minimum atomic E-state index is 1.11. The molecular formula is C45H32N2. The smallest absolute Gasteiger partial charge is 0.0540 e. The van der Waals surface area contributed by atoms with Crippen LogP contribution in [0.5, 0.6) is 0 Å². The second kappa shape index (κ2) is 11.3. The molecule has 2 heteroatoms. The van der Waals surface area contributed by atoms with E-state index in [4.69, 9.17) is 0 Å². The fraction of sp³-hybridized carbons (Fsp3) is 0.0222. The molecule has 0 unspecified atom stereocenters. The van der Waals surface area contributed by atoms with Crippen molar-refractivity contribution in [2.75, 3.05) is 9.80 Å². The summed E-state index contributed by atoms with van der Waals surface area (Å²) in [4.78, 5) is 4.73. The molecule has 0 atom stereocenters. The lowest BCUT2D eigenvalue weighted by Gasteiger charge is -2.27. The van der Waals surface area contributed by atoms with Gasteiger partial charge in [-0.05, 0) is 100 Å². The maximum atomic E-state index is 2.38. The van der Waals surface area contributed by atoms with E-state index in [1.165, 1.54) is 55.2 Å². The lowest BCUT2D eigenvalue weighted by molar-refractivity contribution is 1.29. The molecule has 0 aliphatic heterocycles. The van der Waals surface area contributed by atoms with Crippen LogP contribution in [0.15, 0.2) is 182 Å². The molecule has 0 saturated heterocycles. The largest absolute Gasteiger partial charge is 0.310 e. The van der Waals surface area contributed by atoms with Gasteiger partial charge in [0.1, 0.15) is 0 Å². The van der Waals surface area contributed by atoms with Gasteiger partial charge in [0.25, 0.3) is 0 Å². The Balaban J connectivity index is 1.08. The molecule has 0 radical (unpaired) electrons. The van der Waals surface area contributed by atoms with Crippen LogP contribution in [-0.2, 0) is 6.42 Å². The minimum absolute atomic E-state index is 1.11. The van der Waals surface area contributed by atoms with Gasteiger partial charge in [0, 0.05) is 33.5 Å². The predicted molar refractivity (Wildman–Crippen MR) is 199 cm³/mol. The van der Waals surface area contributed by atoms with E-state index in [1.807, 2.05) is 0 Å². The van der Waals surface area contributed by atoms with E-state index in [0.717, 1.165) is 29.2 Å². The van der Waals surface area contributed by atoms with Crippen LogP contribution in [0.25, 0.3) is 32.7 Å². The summed E-state index contributed by atoms with van der Waals surface area (Å²) in [6.07, 6.45) is 1.11. The lowest BCUT2D eigenvalue weighted by Crippen LogP contribution is -2.10. The number of fused-ring (bicyclic) bond motifs is 4. The quantitative estimate of drug-likeness (QED) is 0.180. The molecule has 8 aromatic rings. The predicted octanol–water partition coefficient (Wildman–Crippen LogP) is 12.5. The molecule has 0 bridgehead atoms. The topological polar surface area (TPSA) is 6.48 Å². The van der Waals surface area contributed by atoms with Crippen LogP contribution < -0.4 is 9.80 Å². The van der Waals surface area contributed by atoms with E-state index < -0.39 is 0 Å². The minimum Gasteiger partial charge on any atom is -0.310 e. The zero-order chi connectivity index (χ0) is 31.2. The standard InChI is InChI=1S/C45H32N2/c1-3-13-36(14-4-1)46(44-19-9-12-34-11-7-8-17-40(34)44)38-26-21-32(22-27-38)33-23-28-39(29-24-33)47(37-15-5-2-6-16-37)45-20-10-18-41-42(45)30-25-35-31-43(35)41/h1-30H,31H2. The summed E-state index contributed by atoms with van der Waals surface area (Å²) in [6, 6.07) is 65.6. The van der Waals surface area contributed by atoms with Crippen LogP contribution in [-0.4, -0.2) is 0 Å². The van der Waals surface area contributed by atoms with E-state index in [-0.39, 0.29) is 0 Å². The average Bonchev–Trinajstić information content (AvgIpc) is 3.95. The SMILES string of the molecule is c1ccc(N(c2ccc(-c3ccc(N(c4ccccc4)c4cccc5c6c(ccc45)C6)cc3)cc2)c2cccc3ccccc23)cc1. The van der Waals surface area contributed by atoms with Gasteiger partial charge in [0.05, 0.1) is 11.4 Å². The lowest BCUT2D eigenvalue weighted by atomic mass is 10.0. The third kappa shape index (κ3) is 4.92. The van der Waals surface area contributed by atoms with Gasteiger partial charge in [-0.1, -0.05) is 121 Å². The Morgan fingerprint density at radius 1 is 0.319 bits per heavy atom. The highest BCUT2D eigenvalue weighted by atomic mass is 15.1. The molecule has 0 fully saturated rings. The Hall–Kier alpha value is -6.12. The fourth-order valence-electron chi connectivity index (χ4n) is 6.96. The second-order valence-corrected chi connectivity index (χ2v) is 12.2. The Morgan fingerprint density at radius 2 is 0.787 bits per heavy atom. The first kappa shape index (κ1) is 27.2. The fourth-order valence-corrected chi connectivity index (χ4v) is 6.96. The number of hydrogen-bond acceptors (Lipinski definition) is 2. The molecule has 9 rings (SSSR count).